The molecule has 2 rings (SSSR count). The third kappa shape index (κ3) is 4.76. The average molecular weight is 311 g/mol. The highest BCUT2D eigenvalue weighted by atomic mass is 16.1. The molecule has 0 aromatic heterocycles. The fraction of sp³-hybridized carbons (Fsp3) is 0.263. The van der Waals surface area contributed by atoms with E-state index in [9.17, 15) is 9.59 Å². The molecule has 0 fully saturated rings. The Hall–Kier alpha value is -2.46. The number of hydrogen-bond donors (Lipinski definition) is 2. The van der Waals surface area contributed by atoms with Crippen LogP contribution in [0.2, 0.25) is 0 Å². The van der Waals surface area contributed by atoms with E-state index < -0.39 is 0 Å². The number of Topliss-reactive ketones (excluding diaryl/α,β-unsaturated/α-hetero) is 1. The molecule has 0 aliphatic rings. The number of likely N-dealkylation sites (N-methyl/N-ethyl adjacent to an activating group) is 1. The first kappa shape index (κ1) is 16.9. The molecule has 0 bridgehead atoms. The predicted octanol–water partition coefficient (Wildman–Crippen LogP) is 1.58. The summed E-state index contributed by atoms with van der Waals surface area (Å²) in [6, 6.07) is 17.0. The van der Waals surface area contributed by atoms with Crippen molar-refractivity contribution in [2.75, 3.05) is 19.4 Å². The van der Waals surface area contributed by atoms with Crippen LogP contribution in [0.3, 0.4) is 0 Å². The molecule has 0 spiro atoms. The first-order valence-electron chi connectivity index (χ1n) is 7.73. The van der Waals surface area contributed by atoms with Gasteiger partial charge in [-0.1, -0.05) is 30.3 Å². The van der Waals surface area contributed by atoms with Crippen LogP contribution in [0.4, 0.5) is 5.69 Å². The van der Waals surface area contributed by atoms with E-state index in [0.717, 1.165) is 10.5 Å². The van der Waals surface area contributed by atoms with Gasteiger partial charge in [0.05, 0.1) is 14.1 Å². The van der Waals surface area contributed by atoms with Gasteiger partial charge in [0, 0.05) is 24.6 Å². The Labute approximate surface area is 137 Å². The summed E-state index contributed by atoms with van der Waals surface area (Å²) in [5.74, 6) is -0.00741. The highest BCUT2D eigenvalue weighted by molar-refractivity contribution is 6.00. The van der Waals surface area contributed by atoms with E-state index in [1.54, 1.807) is 24.3 Å². The predicted molar refractivity (Wildman–Crippen MR) is 91.8 cm³/mol. The first-order valence-corrected chi connectivity index (χ1v) is 7.73. The maximum absolute atomic E-state index is 12.8. The third-order valence-corrected chi connectivity index (χ3v) is 3.79. The molecule has 0 unspecified atom stereocenters. The van der Waals surface area contributed by atoms with E-state index >= 15 is 0 Å². The number of carbonyl (C=O) groups is 2. The molecule has 0 saturated heterocycles. The van der Waals surface area contributed by atoms with Gasteiger partial charge < -0.3 is 10.2 Å². The van der Waals surface area contributed by atoms with E-state index in [2.05, 4.69) is 5.32 Å². The van der Waals surface area contributed by atoms with Gasteiger partial charge >= 0.3 is 0 Å². The van der Waals surface area contributed by atoms with Gasteiger partial charge in [0.15, 0.2) is 6.04 Å². The summed E-state index contributed by atoms with van der Waals surface area (Å²) in [5, 5.41) is 2.71. The molecule has 120 valence electrons. The summed E-state index contributed by atoms with van der Waals surface area (Å²) in [4.78, 5) is 25.0. The Bertz CT molecular complexity index is 664. The number of ketones is 1. The van der Waals surface area contributed by atoms with Gasteiger partial charge in [0.1, 0.15) is 0 Å². The summed E-state index contributed by atoms with van der Waals surface area (Å²) in [6.07, 6.45) is 0.704. The van der Waals surface area contributed by atoms with Crippen molar-refractivity contribution in [2.45, 2.75) is 19.4 Å². The van der Waals surface area contributed by atoms with Crippen molar-refractivity contribution in [1.29, 1.82) is 0 Å². The standard InChI is InChI=1S/C19H22N2O2/c1-14(22)20-17-11-9-16(10-12-17)19(23)18(21(2)3)13-15-7-5-4-6-8-15/h4-12,18H,13H2,1-3H3,(H,20,22)/p+1/t18-/m0/s1. The van der Waals surface area contributed by atoms with Gasteiger partial charge in [-0.05, 0) is 29.8 Å². The van der Waals surface area contributed by atoms with Gasteiger partial charge in [-0.15, -0.1) is 0 Å². The van der Waals surface area contributed by atoms with E-state index in [0.29, 0.717) is 17.7 Å². The molecule has 2 N–H and O–H groups in total. The zero-order chi connectivity index (χ0) is 16.8. The van der Waals surface area contributed by atoms with Crippen LogP contribution in [0.15, 0.2) is 54.6 Å². The highest BCUT2D eigenvalue weighted by Crippen LogP contribution is 2.12. The number of anilines is 1. The number of hydrogen-bond acceptors (Lipinski definition) is 2. The van der Waals surface area contributed by atoms with Crippen LogP contribution in [-0.2, 0) is 11.2 Å². The Morgan fingerprint density at radius 2 is 1.61 bits per heavy atom. The Balaban J connectivity index is 2.16. The van der Waals surface area contributed by atoms with E-state index in [-0.39, 0.29) is 17.7 Å². The second-order valence-corrected chi connectivity index (χ2v) is 5.94. The summed E-state index contributed by atoms with van der Waals surface area (Å²) >= 11 is 0. The number of carbonyl (C=O) groups excluding carboxylic acids is 2. The smallest absolute Gasteiger partial charge is 0.221 e. The lowest BCUT2D eigenvalue weighted by Crippen LogP contribution is -3.11. The van der Waals surface area contributed by atoms with Crippen molar-refractivity contribution in [2.24, 2.45) is 0 Å². The van der Waals surface area contributed by atoms with E-state index in [4.69, 9.17) is 0 Å². The highest BCUT2D eigenvalue weighted by Gasteiger charge is 2.26. The van der Waals surface area contributed by atoms with Crippen LogP contribution in [0, 0.1) is 0 Å². The van der Waals surface area contributed by atoms with Crippen molar-refractivity contribution >= 4 is 17.4 Å². The zero-order valence-electron chi connectivity index (χ0n) is 13.8. The van der Waals surface area contributed by atoms with Crippen LogP contribution in [-0.4, -0.2) is 31.8 Å². The fourth-order valence-electron chi connectivity index (χ4n) is 2.53. The number of nitrogens with one attached hydrogen (secondary N) is 2. The van der Waals surface area contributed by atoms with E-state index in [1.807, 2.05) is 44.4 Å². The second kappa shape index (κ2) is 7.70. The van der Waals surface area contributed by atoms with Gasteiger partial charge in [0.2, 0.25) is 11.7 Å². The summed E-state index contributed by atoms with van der Waals surface area (Å²) in [6.45, 7) is 1.46. The lowest BCUT2D eigenvalue weighted by Gasteiger charge is -2.20. The minimum Gasteiger partial charge on any atom is -0.331 e. The molecule has 0 heterocycles. The van der Waals surface area contributed by atoms with Gasteiger partial charge in [0.25, 0.3) is 0 Å². The van der Waals surface area contributed by atoms with Crippen molar-refractivity contribution in [3.8, 4) is 0 Å². The molecular weight excluding hydrogens is 288 g/mol. The van der Waals surface area contributed by atoms with Crippen molar-refractivity contribution in [3.63, 3.8) is 0 Å². The molecule has 2 aromatic carbocycles. The van der Waals surface area contributed by atoms with Gasteiger partial charge in [-0.3, -0.25) is 9.59 Å². The van der Waals surface area contributed by atoms with E-state index in [1.165, 1.54) is 6.92 Å². The monoisotopic (exact) mass is 311 g/mol. The topological polar surface area (TPSA) is 50.6 Å². The van der Waals surface area contributed by atoms with Gasteiger partial charge in [-0.2, -0.15) is 0 Å². The van der Waals surface area contributed by atoms with Crippen molar-refractivity contribution in [1.82, 2.24) is 0 Å². The number of rotatable bonds is 6. The van der Waals surface area contributed by atoms with Crippen molar-refractivity contribution in [3.05, 3.63) is 65.7 Å². The number of quaternary nitrogens is 1. The molecule has 1 atom stereocenters. The molecule has 4 nitrogen and oxygen atoms in total. The lowest BCUT2D eigenvalue weighted by atomic mass is 9.96. The Morgan fingerprint density at radius 1 is 1.00 bits per heavy atom. The second-order valence-electron chi connectivity index (χ2n) is 5.94. The molecule has 2 aromatic rings. The average Bonchev–Trinajstić information content (AvgIpc) is 2.53. The summed E-state index contributed by atoms with van der Waals surface area (Å²) in [7, 11) is 3.99. The normalized spacial score (nSPS) is 12.0. The minimum absolute atomic E-state index is 0.114. The van der Waals surface area contributed by atoms with Crippen LogP contribution in [0.25, 0.3) is 0 Å². The van der Waals surface area contributed by atoms with Crippen LogP contribution in [0.5, 0.6) is 0 Å². The Morgan fingerprint density at radius 3 is 2.13 bits per heavy atom. The van der Waals surface area contributed by atoms with Crippen LogP contribution < -0.4 is 10.2 Å². The maximum Gasteiger partial charge on any atom is 0.221 e. The number of benzene rings is 2. The largest absolute Gasteiger partial charge is 0.331 e. The molecule has 0 radical (unpaired) electrons. The molecule has 1 amide bonds. The Kier molecular flexibility index (Phi) is 5.66. The maximum atomic E-state index is 12.8. The van der Waals surface area contributed by atoms with Gasteiger partial charge in [-0.25, -0.2) is 0 Å². The molecule has 4 heteroatoms. The number of amides is 1. The van der Waals surface area contributed by atoms with Crippen molar-refractivity contribution < 1.29 is 14.5 Å². The molecule has 23 heavy (non-hydrogen) atoms. The first-order chi connectivity index (χ1) is 11.0. The van der Waals surface area contributed by atoms with Crippen LogP contribution in [0.1, 0.15) is 22.8 Å². The van der Waals surface area contributed by atoms with Crippen LogP contribution >= 0.6 is 0 Å². The molecule has 0 aliphatic heterocycles. The zero-order valence-corrected chi connectivity index (χ0v) is 13.8. The molecule has 0 aliphatic carbocycles. The molecular formula is C19H23N2O2+. The summed E-state index contributed by atoms with van der Waals surface area (Å²) in [5.41, 5.74) is 2.52. The minimum atomic E-state index is -0.135. The third-order valence-electron chi connectivity index (χ3n) is 3.79. The SMILES string of the molecule is CC(=O)Nc1ccc(C(=O)[C@H](Cc2ccccc2)[NH+](C)C)cc1. The fourth-order valence-corrected chi connectivity index (χ4v) is 2.53. The summed E-state index contributed by atoms with van der Waals surface area (Å²) < 4.78 is 0. The molecule has 0 saturated carbocycles. The lowest BCUT2D eigenvalue weighted by molar-refractivity contribution is -0.874. The quantitative estimate of drug-likeness (QED) is 0.796.